The van der Waals surface area contributed by atoms with Crippen molar-refractivity contribution in [2.75, 3.05) is 7.11 Å². The molecule has 0 unspecified atom stereocenters. The van der Waals surface area contributed by atoms with Crippen molar-refractivity contribution in [1.82, 2.24) is 4.90 Å². The van der Waals surface area contributed by atoms with E-state index in [0.717, 1.165) is 18.0 Å². The summed E-state index contributed by atoms with van der Waals surface area (Å²) in [4.78, 5) is 22.2. The summed E-state index contributed by atoms with van der Waals surface area (Å²) >= 11 is 0. The number of nitrogens with zero attached hydrogens (tertiary/aromatic N) is 2. The van der Waals surface area contributed by atoms with Crippen LogP contribution in [-0.2, 0) is 11.3 Å². The summed E-state index contributed by atoms with van der Waals surface area (Å²) in [7, 11) is 1.57. The molecular formula is C12H14N2O4. The Hall–Kier alpha value is -2.37. The van der Waals surface area contributed by atoms with Gasteiger partial charge in [-0.15, -0.1) is 0 Å². The monoisotopic (exact) mass is 250 g/mol. The Bertz CT molecular complexity index is 454. The highest BCUT2D eigenvalue weighted by Crippen LogP contribution is 2.13. The van der Waals surface area contributed by atoms with Gasteiger partial charge in [-0.1, -0.05) is 12.1 Å². The molecule has 0 aliphatic heterocycles. The number of rotatable bonds is 5. The summed E-state index contributed by atoms with van der Waals surface area (Å²) in [5.74, 6) is 0.456. The van der Waals surface area contributed by atoms with Crippen molar-refractivity contribution < 1.29 is 14.5 Å². The van der Waals surface area contributed by atoms with E-state index < -0.39 is 4.92 Å². The van der Waals surface area contributed by atoms with Crippen LogP contribution in [-0.4, -0.2) is 22.8 Å². The Kier molecular flexibility index (Phi) is 4.86. The van der Waals surface area contributed by atoms with Crippen LogP contribution in [0.3, 0.4) is 0 Å². The molecule has 0 aromatic heterocycles. The lowest BCUT2D eigenvalue weighted by molar-refractivity contribution is -0.403. The number of ether oxygens (including phenoxy) is 1. The molecule has 1 amide bonds. The molecule has 6 nitrogen and oxygen atoms in total. The molecule has 0 saturated carbocycles. The molecule has 18 heavy (non-hydrogen) atoms. The Balaban J connectivity index is 2.76. The fourth-order valence-electron chi connectivity index (χ4n) is 1.33. The number of benzene rings is 1. The average molecular weight is 250 g/mol. The fourth-order valence-corrected chi connectivity index (χ4v) is 1.33. The predicted molar refractivity (Wildman–Crippen MR) is 65.4 cm³/mol. The summed E-state index contributed by atoms with van der Waals surface area (Å²) in [6, 6.07) is 7.14. The Morgan fingerprint density at radius 2 is 2.06 bits per heavy atom. The summed E-state index contributed by atoms with van der Waals surface area (Å²) in [6.45, 7) is 1.64. The van der Waals surface area contributed by atoms with Gasteiger partial charge in [-0.2, -0.15) is 0 Å². The first-order chi connectivity index (χ1) is 8.52. The van der Waals surface area contributed by atoms with E-state index >= 15 is 0 Å². The largest absolute Gasteiger partial charge is 0.497 e. The van der Waals surface area contributed by atoms with Crippen LogP contribution in [0.4, 0.5) is 0 Å². The van der Waals surface area contributed by atoms with Crippen molar-refractivity contribution in [2.24, 2.45) is 0 Å². The second-order valence-electron chi connectivity index (χ2n) is 3.58. The molecule has 1 rings (SSSR count). The molecule has 1 aromatic carbocycles. The Morgan fingerprint density at radius 1 is 1.44 bits per heavy atom. The van der Waals surface area contributed by atoms with Gasteiger partial charge in [0.2, 0.25) is 5.91 Å². The number of carbonyl (C=O) groups excluding carboxylic acids is 1. The Morgan fingerprint density at radius 3 is 2.50 bits per heavy atom. The smallest absolute Gasteiger partial charge is 0.250 e. The van der Waals surface area contributed by atoms with Crippen LogP contribution in [0.5, 0.6) is 5.75 Å². The SMILES string of the molecule is COc1ccc(CN(C=C[N+](=O)[O-])C(C)=O)cc1. The minimum absolute atomic E-state index is 0.260. The maximum Gasteiger partial charge on any atom is 0.250 e. The van der Waals surface area contributed by atoms with Crippen LogP contribution in [0, 0.1) is 10.1 Å². The van der Waals surface area contributed by atoms with Gasteiger partial charge in [-0.3, -0.25) is 14.9 Å². The van der Waals surface area contributed by atoms with E-state index in [-0.39, 0.29) is 12.5 Å². The third kappa shape index (κ3) is 4.25. The van der Waals surface area contributed by atoms with Gasteiger partial charge in [-0.05, 0) is 17.7 Å². The number of nitro groups is 1. The molecule has 0 fully saturated rings. The summed E-state index contributed by atoms with van der Waals surface area (Å²) in [5, 5.41) is 10.2. The molecule has 0 aliphatic carbocycles. The second kappa shape index (κ2) is 6.39. The summed E-state index contributed by atoms with van der Waals surface area (Å²) in [6.07, 6.45) is 1.90. The zero-order valence-corrected chi connectivity index (χ0v) is 10.2. The van der Waals surface area contributed by atoms with E-state index in [1.807, 2.05) is 0 Å². The van der Waals surface area contributed by atoms with Crippen LogP contribution in [0.15, 0.2) is 36.7 Å². The van der Waals surface area contributed by atoms with Crippen molar-refractivity contribution in [3.63, 3.8) is 0 Å². The molecule has 0 radical (unpaired) electrons. The number of amides is 1. The third-order valence-corrected chi connectivity index (χ3v) is 2.28. The van der Waals surface area contributed by atoms with Gasteiger partial charge in [0, 0.05) is 6.92 Å². The first-order valence-electron chi connectivity index (χ1n) is 5.25. The quantitative estimate of drug-likeness (QED) is 0.590. The van der Waals surface area contributed by atoms with Crippen molar-refractivity contribution in [2.45, 2.75) is 13.5 Å². The standard InChI is InChI=1S/C12H14N2O4/c1-10(15)13(7-8-14(16)17)9-11-3-5-12(18-2)6-4-11/h3-8H,9H2,1-2H3. The zero-order valence-electron chi connectivity index (χ0n) is 10.2. The lowest BCUT2D eigenvalue weighted by atomic mass is 10.2. The van der Waals surface area contributed by atoms with E-state index in [1.165, 1.54) is 11.8 Å². The first kappa shape index (κ1) is 13.7. The van der Waals surface area contributed by atoms with Crippen molar-refractivity contribution in [3.05, 3.63) is 52.3 Å². The van der Waals surface area contributed by atoms with E-state index in [1.54, 1.807) is 31.4 Å². The maximum absolute atomic E-state index is 11.3. The van der Waals surface area contributed by atoms with Gasteiger partial charge in [0.05, 0.1) is 24.8 Å². The minimum Gasteiger partial charge on any atom is -0.497 e. The van der Waals surface area contributed by atoms with Crippen molar-refractivity contribution in [3.8, 4) is 5.75 Å². The normalized spacial score (nSPS) is 10.3. The van der Waals surface area contributed by atoms with E-state index in [2.05, 4.69) is 0 Å². The van der Waals surface area contributed by atoms with Crippen molar-refractivity contribution >= 4 is 5.91 Å². The van der Waals surface area contributed by atoms with E-state index in [0.29, 0.717) is 5.75 Å². The molecule has 0 aliphatic rings. The van der Waals surface area contributed by atoms with Crippen LogP contribution in [0.25, 0.3) is 0 Å². The van der Waals surface area contributed by atoms with Crippen molar-refractivity contribution in [1.29, 1.82) is 0 Å². The summed E-state index contributed by atoms with van der Waals surface area (Å²) in [5.41, 5.74) is 0.860. The maximum atomic E-state index is 11.3. The molecule has 0 atom stereocenters. The van der Waals surface area contributed by atoms with E-state index in [9.17, 15) is 14.9 Å². The topological polar surface area (TPSA) is 72.7 Å². The van der Waals surface area contributed by atoms with Gasteiger partial charge >= 0.3 is 0 Å². The van der Waals surface area contributed by atoms with Gasteiger partial charge in [0.15, 0.2) is 0 Å². The Labute approximate surface area is 105 Å². The van der Waals surface area contributed by atoms with Crippen LogP contribution >= 0.6 is 0 Å². The van der Waals surface area contributed by atoms with E-state index in [4.69, 9.17) is 4.74 Å². The highest BCUT2D eigenvalue weighted by atomic mass is 16.6. The highest BCUT2D eigenvalue weighted by Gasteiger charge is 2.07. The predicted octanol–water partition coefficient (Wildman–Crippen LogP) is 1.79. The zero-order chi connectivity index (χ0) is 13.5. The van der Waals surface area contributed by atoms with Crippen LogP contribution in [0.1, 0.15) is 12.5 Å². The molecule has 0 bridgehead atoms. The lowest BCUT2D eigenvalue weighted by Gasteiger charge is -2.15. The number of methoxy groups -OCH3 is 1. The number of hydrogen-bond donors (Lipinski definition) is 0. The third-order valence-electron chi connectivity index (χ3n) is 2.28. The highest BCUT2D eigenvalue weighted by molar-refractivity contribution is 5.74. The second-order valence-corrected chi connectivity index (χ2v) is 3.58. The molecule has 6 heteroatoms. The summed E-state index contributed by atoms with van der Waals surface area (Å²) < 4.78 is 5.02. The van der Waals surface area contributed by atoms with Gasteiger partial charge in [0.25, 0.3) is 6.20 Å². The van der Waals surface area contributed by atoms with Gasteiger partial charge in [-0.25, -0.2) is 0 Å². The molecule has 0 spiro atoms. The van der Waals surface area contributed by atoms with Gasteiger partial charge < -0.3 is 9.64 Å². The molecule has 96 valence electrons. The molecule has 1 aromatic rings. The molecule has 0 heterocycles. The number of carbonyl (C=O) groups is 1. The minimum atomic E-state index is -0.607. The lowest BCUT2D eigenvalue weighted by Crippen LogP contribution is -2.22. The average Bonchev–Trinajstić information content (AvgIpc) is 2.34. The first-order valence-corrected chi connectivity index (χ1v) is 5.25. The van der Waals surface area contributed by atoms with Crippen LogP contribution in [0.2, 0.25) is 0 Å². The number of hydrogen-bond acceptors (Lipinski definition) is 4. The van der Waals surface area contributed by atoms with Gasteiger partial charge in [0.1, 0.15) is 5.75 Å². The molecule has 0 saturated heterocycles. The molecule has 0 N–H and O–H groups in total. The van der Waals surface area contributed by atoms with Crippen LogP contribution < -0.4 is 4.74 Å². The fraction of sp³-hybridized carbons (Fsp3) is 0.250. The molecular weight excluding hydrogens is 236 g/mol.